The highest BCUT2D eigenvalue weighted by Gasteiger charge is 2.03. The van der Waals surface area contributed by atoms with Crippen molar-refractivity contribution in [1.82, 2.24) is 10.6 Å². The molecule has 1 rings (SSSR count). The van der Waals surface area contributed by atoms with Crippen molar-refractivity contribution in [3.8, 4) is 0 Å². The highest BCUT2D eigenvalue weighted by Crippen LogP contribution is 1.96. The lowest BCUT2D eigenvalue weighted by Gasteiger charge is -2.12. The molecule has 1 aromatic rings. The fourth-order valence-corrected chi connectivity index (χ4v) is 1.59. The number of amides is 1. The minimum absolute atomic E-state index is 0.00236. The number of nitrogens with one attached hydrogen (secondary N) is 2. The van der Waals surface area contributed by atoms with E-state index in [0.717, 1.165) is 5.56 Å². The van der Waals surface area contributed by atoms with Crippen molar-refractivity contribution < 1.29 is 9.53 Å². The van der Waals surface area contributed by atoms with Crippen LogP contribution in [0.2, 0.25) is 0 Å². The molecule has 0 spiro atoms. The second kappa shape index (κ2) is 8.66. The van der Waals surface area contributed by atoms with E-state index in [-0.39, 0.29) is 12.0 Å². The summed E-state index contributed by atoms with van der Waals surface area (Å²) in [5.41, 5.74) is 1.11. The van der Waals surface area contributed by atoms with Crippen LogP contribution in [0.15, 0.2) is 30.3 Å². The van der Waals surface area contributed by atoms with Gasteiger partial charge >= 0.3 is 0 Å². The van der Waals surface area contributed by atoms with E-state index in [4.69, 9.17) is 4.74 Å². The van der Waals surface area contributed by atoms with Gasteiger partial charge in [0.05, 0.1) is 12.6 Å². The lowest BCUT2D eigenvalue weighted by molar-refractivity contribution is -0.120. The smallest absolute Gasteiger partial charge is 0.234 e. The van der Waals surface area contributed by atoms with Crippen LogP contribution in [-0.2, 0) is 16.1 Å². The molecule has 0 bridgehead atoms. The molecule has 100 valence electrons. The minimum atomic E-state index is 0.00236. The van der Waals surface area contributed by atoms with Gasteiger partial charge in [0, 0.05) is 19.7 Å². The van der Waals surface area contributed by atoms with Crippen LogP contribution >= 0.6 is 0 Å². The van der Waals surface area contributed by atoms with Gasteiger partial charge < -0.3 is 15.4 Å². The Hall–Kier alpha value is -1.39. The van der Waals surface area contributed by atoms with Gasteiger partial charge in [-0.05, 0) is 19.4 Å². The third-order valence-corrected chi connectivity index (χ3v) is 2.50. The third-order valence-electron chi connectivity index (χ3n) is 2.50. The van der Waals surface area contributed by atoms with E-state index in [0.29, 0.717) is 26.2 Å². The summed E-state index contributed by atoms with van der Waals surface area (Å²) in [6.45, 7) is 6.23. The Labute approximate surface area is 109 Å². The van der Waals surface area contributed by atoms with Gasteiger partial charge in [-0.1, -0.05) is 30.3 Å². The summed E-state index contributed by atoms with van der Waals surface area (Å²) in [7, 11) is 0. The number of rotatable bonds is 8. The van der Waals surface area contributed by atoms with Crippen LogP contribution in [0, 0.1) is 0 Å². The normalized spacial score (nSPS) is 12.1. The maximum Gasteiger partial charge on any atom is 0.234 e. The largest absolute Gasteiger partial charge is 0.377 e. The second-order valence-electron chi connectivity index (χ2n) is 4.16. The van der Waals surface area contributed by atoms with E-state index >= 15 is 0 Å². The summed E-state index contributed by atoms with van der Waals surface area (Å²) in [5, 5.41) is 5.93. The molecular formula is C14H22N2O2. The third kappa shape index (κ3) is 6.37. The minimum Gasteiger partial charge on any atom is -0.377 e. The molecule has 4 heteroatoms. The molecule has 1 aromatic carbocycles. The molecule has 0 aliphatic rings. The summed E-state index contributed by atoms with van der Waals surface area (Å²) in [5.74, 6) is 0.00236. The summed E-state index contributed by atoms with van der Waals surface area (Å²) >= 11 is 0. The quantitative estimate of drug-likeness (QED) is 0.731. The highest BCUT2D eigenvalue weighted by atomic mass is 16.5. The first-order valence-electron chi connectivity index (χ1n) is 6.35. The molecule has 1 unspecified atom stereocenters. The SMILES string of the molecule is CCOC(C)CNCC(=O)NCc1ccccc1. The fraction of sp³-hybridized carbons (Fsp3) is 0.500. The molecule has 1 amide bonds. The number of benzene rings is 1. The Balaban J connectivity index is 2.11. The van der Waals surface area contributed by atoms with E-state index < -0.39 is 0 Å². The maximum absolute atomic E-state index is 11.5. The summed E-state index contributed by atoms with van der Waals surface area (Å²) in [4.78, 5) is 11.5. The zero-order valence-electron chi connectivity index (χ0n) is 11.1. The van der Waals surface area contributed by atoms with Crippen LogP contribution in [-0.4, -0.2) is 31.7 Å². The molecule has 0 aromatic heterocycles. The molecule has 0 saturated heterocycles. The van der Waals surface area contributed by atoms with Crippen LogP contribution in [0.3, 0.4) is 0 Å². The molecule has 18 heavy (non-hydrogen) atoms. The van der Waals surface area contributed by atoms with Crippen molar-refractivity contribution in [3.05, 3.63) is 35.9 Å². The van der Waals surface area contributed by atoms with Gasteiger partial charge in [-0.3, -0.25) is 4.79 Å². The van der Waals surface area contributed by atoms with Crippen molar-refractivity contribution in [1.29, 1.82) is 0 Å². The van der Waals surface area contributed by atoms with Gasteiger partial charge in [0.2, 0.25) is 5.91 Å². The van der Waals surface area contributed by atoms with E-state index in [2.05, 4.69) is 10.6 Å². The number of hydrogen-bond acceptors (Lipinski definition) is 3. The molecule has 4 nitrogen and oxygen atoms in total. The van der Waals surface area contributed by atoms with Crippen LogP contribution in [0.1, 0.15) is 19.4 Å². The molecule has 0 aliphatic carbocycles. The average Bonchev–Trinajstić information content (AvgIpc) is 2.38. The van der Waals surface area contributed by atoms with E-state index in [1.165, 1.54) is 0 Å². The Morgan fingerprint density at radius 3 is 2.72 bits per heavy atom. The first kappa shape index (κ1) is 14.7. The number of hydrogen-bond donors (Lipinski definition) is 2. The zero-order chi connectivity index (χ0) is 13.2. The topological polar surface area (TPSA) is 50.4 Å². The van der Waals surface area contributed by atoms with Crippen molar-refractivity contribution in [2.24, 2.45) is 0 Å². The van der Waals surface area contributed by atoms with E-state index in [1.54, 1.807) is 0 Å². The number of ether oxygens (including phenoxy) is 1. The predicted molar refractivity (Wildman–Crippen MR) is 72.2 cm³/mol. The van der Waals surface area contributed by atoms with Gasteiger partial charge in [0.1, 0.15) is 0 Å². The van der Waals surface area contributed by atoms with Crippen LogP contribution in [0.4, 0.5) is 0 Å². The lowest BCUT2D eigenvalue weighted by atomic mass is 10.2. The summed E-state index contributed by atoms with van der Waals surface area (Å²) in [6.07, 6.45) is 0.136. The van der Waals surface area contributed by atoms with Crippen molar-refractivity contribution in [2.45, 2.75) is 26.5 Å². The van der Waals surface area contributed by atoms with Crippen molar-refractivity contribution in [3.63, 3.8) is 0 Å². The van der Waals surface area contributed by atoms with Crippen molar-refractivity contribution >= 4 is 5.91 Å². The Kier molecular flexibility index (Phi) is 7.06. The van der Waals surface area contributed by atoms with Crippen LogP contribution in [0.5, 0.6) is 0 Å². The zero-order valence-corrected chi connectivity index (χ0v) is 11.1. The summed E-state index contributed by atoms with van der Waals surface area (Å²) < 4.78 is 5.36. The monoisotopic (exact) mass is 250 g/mol. The Morgan fingerprint density at radius 1 is 1.33 bits per heavy atom. The standard InChI is InChI=1S/C14H22N2O2/c1-3-18-12(2)9-15-11-14(17)16-10-13-7-5-4-6-8-13/h4-8,12,15H,3,9-11H2,1-2H3,(H,16,17). The molecule has 1 atom stereocenters. The average molecular weight is 250 g/mol. The molecule has 0 heterocycles. The van der Waals surface area contributed by atoms with Gasteiger partial charge in [-0.25, -0.2) is 0 Å². The first-order valence-corrected chi connectivity index (χ1v) is 6.35. The van der Waals surface area contributed by atoms with E-state index in [9.17, 15) is 4.79 Å². The predicted octanol–water partition coefficient (Wildman–Crippen LogP) is 1.32. The second-order valence-corrected chi connectivity index (χ2v) is 4.16. The molecule has 0 aliphatic heterocycles. The fourth-order valence-electron chi connectivity index (χ4n) is 1.59. The number of carbonyl (C=O) groups is 1. The lowest BCUT2D eigenvalue weighted by Crippen LogP contribution is -2.37. The van der Waals surface area contributed by atoms with Crippen LogP contribution in [0.25, 0.3) is 0 Å². The molecule has 0 radical (unpaired) electrons. The summed E-state index contributed by atoms with van der Waals surface area (Å²) in [6, 6.07) is 9.87. The molecule has 0 saturated carbocycles. The maximum atomic E-state index is 11.5. The Bertz CT molecular complexity index is 341. The molecule has 0 fully saturated rings. The van der Waals surface area contributed by atoms with Gasteiger partial charge in [-0.2, -0.15) is 0 Å². The first-order chi connectivity index (χ1) is 8.72. The number of carbonyl (C=O) groups excluding carboxylic acids is 1. The molecular weight excluding hydrogens is 228 g/mol. The molecule has 2 N–H and O–H groups in total. The Morgan fingerprint density at radius 2 is 2.06 bits per heavy atom. The highest BCUT2D eigenvalue weighted by molar-refractivity contribution is 5.77. The van der Waals surface area contributed by atoms with Gasteiger partial charge in [0.25, 0.3) is 0 Å². The van der Waals surface area contributed by atoms with Crippen molar-refractivity contribution in [2.75, 3.05) is 19.7 Å². The van der Waals surface area contributed by atoms with Gasteiger partial charge in [0.15, 0.2) is 0 Å². The van der Waals surface area contributed by atoms with Gasteiger partial charge in [-0.15, -0.1) is 0 Å². The van der Waals surface area contributed by atoms with E-state index in [1.807, 2.05) is 44.2 Å². The van der Waals surface area contributed by atoms with Crippen LogP contribution < -0.4 is 10.6 Å².